The van der Waals surface area contributed by atoms with Crippen molar-refractivity contribution < 1.29 is 9.53 Å². The molecule has 5 nitrogen and oxygen atoms in total. The molecule has 2 N–H and O–H groups in total. The van der Waals surface area contributed by atoms with Gasteiger partial charge in [-0.1, -0.05) is 20.3 Å². The maximum absolute atomic E-state index is 11.6. The Morgan fingerprint density at radius 3 is 2.65 bits per heavy atom. The fourth-order valence-electron chi connectivity index (χ4n) is 1.39. The highest BCUT2D eigenvalue weighted by atomic mass is 16.5. The summed E-state index contributed by atoms with van der Waals surface area (Å²) in [5.41, 5.74) is 7.98. The molecule has 1 rings (SSSR count). The molecule has 1 atom stereocenters. The van der Waals surface area contributed by atoms with Crippen molar-refractivity contribution in [2.24, 2.45) is 5.92 Å². The van der Waals surface area contributed by atoms with Crippen LogP contribution in [0.5, 0.6) is 0 Å². The molecule has 0 aliphatic heterocycles. The van der Waals surface area contributed by atoms with E-state index in [1.165, 1.54) is 0 Å². The largest absolute Gasteiger partial charge is 0.464 e. The Kier molecular flexibility index (Phi) is 4.54. The number of nitrogen functional groups attached to an aromatic ring is 1. The minimum absolute atomic E-state index is 0.125. The van der Waals surface area contributed by atoms with Crippen molar-refractivity contribution in [1.82, 2.24) is 9.78 Å². The van der Waals surface area contributed by atoms with Crippen LogP contribution in [-0.4, -0.2) is 22.4 Å². The van der Waals surface area contributed by atoms with Gasteiger partial charge in [-0.15, -0.1) is 0 Å². The van der Waals surface area contributed by atoms with Crippen molar-refractivity contribution >= 4 is 11.7 Å². The van der Waals surface area contributed by atoms with Crippen LogP contribution >= 0.6 is 0 Å². The van der Waals surface area contributed by atoms with E-state index in [0.717, 1.165) is 17.8 Å². The first-order valence-corrected chi connectivity index (χ1v) is 5.90. The molecule has 0 saturated heterocycles. The molecule has 1 aromatic heterocycles. The maximum atomic E-state index is 11.6. The predicted octanol–water partition coefficient (Wildman–Crippen LogP) is 1.67. The Morgan fingerprint density at radius 1 is 1.53 bits per heavy atom. The van der Waals surface area contributed by atoms with E-state index in [1.54, 1.807) is 4.68 Å². The molecule has 5 heteroatoms. The van der Waals surface area contributed by atoms with E-state index in [9.17, 15) is 4.79 Å². The summed E-state index contributed by atoms with van der Waals surface area (Å²) >= 11 is 0. The van der Waals surface area contributed by atoms with E-state index in [2.05, 4.69) is 18.9 Å². The molecule has 96 valence electrons. The van der Waals surface area contributed by atoms with E-state index in [-0.39, 0.29) is 12.5 Å². The van der Waals surface area contributed by atoms with Crippen molar-refractivity contribution in [3.05, 3.63) is 11.4 Å². The molecular weight excluding hydrogens is 218 g/mol. The fourth-order valence-corrected chi connectivity index (χ4v) is 1.39. The number of ether oxygens (including phenoxy) is 1. The number of nitrogens with zero attached hydrogens (tertiary/aromatic N) is 2. The molecule has 1 unspecified atom stereocenters. The van der Waals surface area contributed by atoms with Gasteiger partial charge in [0.15, 0.2) is 0 Å². The Hall–Kier alpha value is -1.52. The number of esters is 1. The summed E-state index contributed by atoms with van der Waals surface area (Å²) in [5, 5.41) is 4.19. The molecule has 0 fully saturated rings. The Balaban J connectivity index is 2.54. The third kappa shape index (κ3) is 3.47. The lowest BCUT2D eigenvalue weighted by Gasteiger charge is -2.10. The molecule has 0 spiro atoms. The lowest BCUT2D eigenvalue weighted by Crippen LogP contribution is -2.18. The minimum atomic E-state index is -0.268. The topological polar surface area (TPSA) is 70.1 Å². The zero-order chi connectivity index (χ0) is 13.0. The molecular formula is C12H21N3O2. The monoisotopic (exact) mass is 239 g/mol. The molecule has 0 aliphatic rings. The van der Waals surface area contributed by atoms with Crippen LogP contribution < -0.4 is 5.73 Å². The van der Waals surface area contributed by atoms with Gasteiger partial charge in [-0.2, -0.15) is 5.10 Å². The smallest absolute Gasteiger partial charge is 0.327 e. The third-order valence-electron chi connectivity index (χ3n) is 2.94. The molecule has 0 amide bonds. The van der Waals surface area contributed by atoms with Crippen molar-refractivity contribution in [3.8, 4) is 0 Å². The summed E-state index contributed by atoms with van der Waals surface area (Å²) in [6.07, 6.45) is 1.00. The van der Waals surface area contributed by atoms with Gasteiger partial charge in [0.25, 0.3) is 0 Å². The Morgan fingerprint density at radius 2 is 2.18 bits per heavy atom. The fraction of sp³-hybridized carbons (Fsp3) is 0.667. The molecule has 17 heavy (non-hydrogen) atoms. The van der Waals surface area contributed by atoms with Crippen molar-refractivity contribution in [1.29, 1.82) is 0 Å². The van der Waals surface area contributed by atoms with E-state index < -0.39 is 0 Å². The van der Waals surface area contributed by atoms with E-state index in [0.29, 0.717) is 18.2 Å². The van der Waals surface area contributed by atoms with Gasteiger partial charge in [0.1, 0.15) is 6.54 Å². The summed E-state index contributed by atoms with van der Waals surface area (Å²) in [5.74, 6) is 0.125. The van der Waals surface area contributed by atoms with Gasteiger partial charge in [0.2, 0.25) is 0 Å². The summed E-state index contributed by atoms with van der Waals surface area (Å²) in [6.45, 7) is 8.37. The van der Waals surface area contributed by atoms with Crippen LogP contribution in [0.4, 0.5) is 5.69 Å². The summed E-state index contributed by atoms with van der Waals surface area (Å²) in [4.78, 5) is 11.6. The van der Waals surface area contributed by atoms with Crippen molar-refractivity contribution in [3.63, 3.8) is 0 Å². The summed E-state index contributed by atoms with van der Waals surface area (Å²) in [7, 11) is 0. The molecule has 0 saturated carbocycles. The molecule has 0 radical (unpaired) electrons. The lowest BCUT2D eigenvalue weighted by molar-refractivity contribution is -0.145. The van der Waals surface area contributed by atoms with Gasteiger partial charge in [-0.25, -0.2) is 0 Å². The number of rotatable bonds is 5. The van der Waals surface area contributed by atoms with Crippen LogP contribution in [0.15, 0.2) is 0 Å². The molecule has 0 aromatic carbocycles. The molecule has 1 aromatic rings. The summed E-state index contributed by atoms with van der Waals surface area (Å²) in [6, 6.07) is 0. The van der Waals surface area contributed by atoms with Crippen LogP contribution in [0.25, 0.3) is 0 Å². The first-order chi connectivity index (χ1) is 7.95. The van der Waals surface area contributed by atoms with E-state index >= 15 is 0 Å². The predicted molar refractivity (Wildman–Crippen MR) is 66.5 cm³/mol. The summed E-state index contributed by atoms with van der Waals surface area (Å²) < 4.78 is 6.75. The Bertz CT molecular complexity index is 399. The van der Waals surface area contributed by atoms with Crippen LogP contribution in [0, 0.1) is 19.8 Å². The standard InChI is InChI=1S/C12H21N3O2/c1-5-8(2)7-17-11(16)6-15-10(4)12(13)9(3)14-15/h8H,5-7,13H2,1-4H3. The number of nitrogens with two attached hydrogens (primary N) is 1. The first kappa shape index (κ1) is 13.5. The number of carbonyl (C=O) groups excluding carboxylic acids is 1. The van der Waals surface area contributed by atoms with Gasteiger partial charge in [-0.3, -0.25) is 9.48 Å². The average molecular weight is 239 g/mol. The molecule has 1 heterocycles. The quantitative estimate of drug-likeness (QED) is 0.793. The highest BCUT2D eigenvalue weighted by Crippen LogP contribution is 2.14. The number of hydrogen-bond acceptors (Lipinski definition) is 4. The highest BCUT2D eigenvalue weighted by Gasteiger charge is 2.12. The minimum Gasteiger partial charge on any atom is -0.464 e. The van der Waals surface area contributed by atoms with Crippen LogP contribution in [0.1, 0.15) is 31.7 Å². The molecule has 0 aliphatic carbocycles. The van der Waals surface area contributed by atoms with Gasteiger partial charge in [-0.05, 0) is 19.8 Å². The van der Waals surface area contributed by atoms with Gasteiger partial charge >= 0.3 is 5.97 Å². The van der Waals surface area contributed by atoms with E-state index in [1.807, 2.05) is 13.8 Å². The van der Waals surface area contributed by atoms with E-state index in [4.69, 9.17) is 10.5 Å². The second kappa shape index (κ2) is 5.70. The maximum Gasteiger partial charge on any atom is 0.327 e. The SMILES string of the molecule is CCC(C)COC(=O)Cn1nc(C)c(N)c1C. The van der Waals surface area contributed by atoms with Crippen molar-refractivity contribution in [2.45, 2.75) is 40.7 Å². The number of aryl methyl sites for hydroxylation is 1. The normalized spacial score (nSPS) is 12.5. The van der Waals surface area contributed by atoms with Crippen LogP contribution in [0.3, 0.4) is 0 Å². The van der Waals surface area contributed by atoms with Gasteiger partial charge in [0.05, 0.1) is 23.7 Å². The number of aromatic nitrogens is 2. The second-order valence-corrected chi connectivity index (χ2v) is 4.44. The first-order valence-electron chi connectivity index (χ1n) is 5.90. The van der Waals surface area contributed by atoms with Gasteiger partial charge in [0, 0.05) is 0 Å². The lowest BCUT2D eigenvalue weighted by atomic mass is 10.1. The van der Waals surface area contributed by atoms with Gasteiger partial charge < -0.3 is 10.5 Å². The third-order valence-corrected chi connectivity index (χ3v) is 2.94. The zero-order valence-electron chi connectivity index (χ0n) is 11.0. The number of hydrogen-bond donors (Lipinski definition) is 1. The Labute approximate surface area is 102 Å². The average Bonchev–Trinajstić information content (AvgIpc) is 2.54. The molecule has 0 bridgehead atoms. The zero-order valence-corrected chi connectivity index (χ0v) is 11.0. The second-order valence-electron chi connectivity index (χ2n) is 4.44. The van der Waals surface area contributed by atoms with Crippen LogP contribution in [-0.2, 0) is 16.1 Å². The van der Waals surface area contributed by atoms with Crippen LogP contribution in [0.2, 0.25) is 0 Å². The highest BCUT2D eigenvalue weighted by molar-refractivity contribution is 5.69. The van der Waals surface area contributed by atoms with Crippen molar-refractivity contribution in [2.75, 3.05) is 12.3 Å². The number of anilines is 1. The number of carbonyl (C=O) groups is 1.